The number of aliphatic hydroxyl groups is 1. The maximum Gasteiger partial charge on any atom is 0.235 e. The number of nitrogens with zero attached hydrogens (tertiary/aromatic N) is 2. The smallest absolute Gasteiger partial charge is 0.235 e. The molecule has 2 saturated carbocycles. The Balaban J connectivity index is 1.57. The number of thioether (sulfide) groups is 1. The van der Waals surface area contributed by atoms with Gasteiger partial charge in [0.2, 0.25) is 5.91 Å². The van der Waals surface area contributed by atoms with E-state index in [0.29, 0.717) is 23.5 Å². The van der Waals surface area contributed by atoms with Crippen LogP contribution in [0.5, 0.6) is 5.75 Å². The van der Waals surface area contributed by atoms with Gasteiger partial charge in [-0.2, -0.15) is 0 Å². The normalized spacial score (nSPS) is 27.6. The molecule has 11 nitrogen and oxygen atoms in total. The van der Waals surface area contributed by atoms with Gasteiger partial charge >= 0.3 is 0 Å². The number of phenolic OH excluding ortho intramolecular Hbond substituents is 1. The number of ketones is 4. The molecule has 46 heavy (non-hydrogen) atoms. The van der Waals surface area contributed by atoms with E-state index in [9.17, 15) is 34.2 Å². The largest absolute Gasteiger partial charge is 0.505 e. The average molecular weight is 651 g/mol. The van der Waals surface area contributed by atoms with Crippen LogP contribution in [0, 0.1) is 23.7 Å². The molecule has 246 valence electrons. The predicted octanol–water partition coefficient (Wildman–Crippen LogP) is 2.44. The van der Waals surface area contributed by atoms with Gasteiger partial charge in [0.15, 0.2) is 34.7 Å². The van der Waals surface area contributed by atoms with Crippen molar-refractivity contribution in [2.75, 3.05) is 38.4 Å². The quantitative estimate of drug-likeness (QED) is 0.197. The number of hydrogen-bond donors (Lipinski definition) is 4. The van der Waals surface area contributed by atoms with Crippen molar-refractivity contribution >= 4 is 52.2 Å². The summed E-state index contributed by atoms with van der Waals surface area (Å²) in [5.74, 6) is -10.7. The molecule has 0 spiro atoms. The van der Waals surface area contributed by atoms with Crippen LogP contribution in [0.2, 0.25) is 0 Å². The topological polar surface area (TPSA) is 170 Å². The lowest BCUT2D eigenvalue weighted by Gasteiger charge is -2.52. The van der Waals surface area contributed by atoms with E-state index in [0.717, 1.165) is 10.5 Å². The van der Waals surface area contributed by atoms with E-state index in [1.54, 1.807) is 31.9 Å². The van der Waals surface area contributed by atoms with Crippen molar-refractivity contribution in [2.24, 2.45) is 29.4 Å². The van der Waals surface area contributed by atoms with Crippen molar-refractivity contribution in [3.05, 3.63) is 47.0 Å². The summed E-state index contributed by atoms with van der Waals surface area (Å²) < 4.78 is -0.0300. The highest BCUT2D eigenvalue weighted by Crippen LogP contribution is 2.53. The number of likely N-dealkylation sites (N-methyl/N-ethyl adjacent to an activating group) is 1. The molecule has 12 heteroatoms. The van der Waals surface area contributed by atoms with Crippen LogP contribution in [-0.4, -0.2) is 88.7 Å². The summed E-state index contributed by atoms with van der Waals surface area (Å²) in [4.78, 5) is 72.0. The number of carbonyl (C=O) groups excluding carboxylic acids is 5. The maximum absolute atomic E-state index is 14.3. The molecule has 0 aromatic heterocycles. The zero-order chi connectivity index (χ0) is 34.0. The number of nitrogens with one attached hydrogen (secondary N) is 1. The summed E-state index contributed by atoms with van der Waals surface area (Å²) in [6, 6.07) is 8.55. The first-order valence-corrected chi connectivity index (χ1v) is 16.1. The van der Waals surface area contributed by atoms with Crippen molar-refractivity contribution in [1.82, 2.24) is 4.90 Å². The van der Waals surface area contributed by atoms with Gasteiger partial charge in [-0.25, -0.2) is 0 Å². The van der Waals surface area contributed by atoms with E-state index in [2.05, 4.69) is 26.1 Å². The first-order chi connectivity index (χ1) is 21.4. The Hall–Kier alpha value is -3.74. The summed E-state index contributed by atoms with van der Waals surface area (Å²) in [6.07, 6.45) is 0.192. The third kappa shape index (κ3) is 5.39. The number of nitrogens with two attached hydrogens (primary N) is 1. The molecule has 2 unspecified atom stereocenters. The Morgan fingerprint density at radius 3 is 2.33 bits per heavy atom. The third-order valence-electron chi connectivity index (χ3n) is 9.38. The second-order valence-electron chi connectivity index (χ2n) is 14.0. The van der Waals surface area contributed by atoms with Gasteiger partial charge in [-0.15, -0.1) is 11.8 Å². The zero-order valence-corrected chi connectivity index (χ0v) is 28.0. The second kappa shape index (κ2) is 11.8. The molecule has 3 aliphatic carbocycles. The zero-order valence-electron chi connectivity index (χ0n) is 27.2. The second-order valence-corrected chi connectivity index (χ2v) is 15.9. The van der Waals surface area contributed by atoms with Gasteiger partial charge in [0.1, 0.15) is 5.75 Å². The summed E-state index contributed by atoms with van der Waals surface area (Å²) in [5, 5.41) is 26.7. The van der Waals surface area contributed by atoms with Gasteiger partial charge in [0, 0.05) is 41.9 Å². The van der Waals surface area contributed by atoms with Crippen molar-refractivity contribution in [1.29, 1.82) is 0 Å². The van der Waals surface area contributed by atoms with Crippen LogP contribution in [0.3, 0.4) is 0 Å². The van der Waals surface area contributed by atoms with E-state index < -0.39 is 64.4 Å². The Morgan fingerprint density at radius 1 is 1.09 bits per heavy atom. The van der Waals surface area contributed by atoms with E-state index >= 15 is 0 Å². The highest BCUT2D eigenvalue weighted by molar-refractivity contribution is 8.00. The minimum atomic E-state index is -2.76. The van der Waals surface area contributed by atoms with E-state index in [1.165, 1.54) is 4.90 Å². The number of hydrogen-bond acceptors (Lipinski definition) is 11. The molecule has 0 aliphatic heterocycles. The highest BCUT2D eigenvalue weighted by atomic mass is 32.2. The number of primary amides is 1. The van der Waals surface area contributed by atoms with E-state index in [1.807, 2.05) is 43.3 Å². The number of fused-ring (bicyclic) bond motifs is 3. The van der Waals surface area contributed by atoms with Crippen LogP contribution in [0.15, 0.2) is 35.2 Å². The van der Waals surface area contributed by atoms with Crippen LogP contribution in [0.4, 0.5) is 11.4 Å². The van der Waals surface area contributed by atoms with Crippen LogP contribution >= 0.6 is 11.8 Å². The minimum Gasteiger partial charge on any atom is -0.505 e. The van der Waals surface area contributed by atoms with Gasteiger partial charge in [-0.1, -0.05) is 39.0 Å². The molecular weight excluding hydrogens is 608 g/mol. The summed E-state index contributed by atoms with van der Waals surface area (Å²) in [7, 11) is 6.76. The first-order valence-electron chi connectivity index (χ1n) is 15.3. The molecule has 0 saturated heterocycles. The van der Waals surface area contributed by atoms with Crippen molar-refractivity contribution in [2.45, 2.75) is 61.4 Å². The van der Waals surface area contributed by atoms with Crippen LogP contribution in [0.25, 0.3) is 0 Å². The van der Waals surface area contributed by atoms with Crippen molar-refractivity contribution in [3.8, 4) is 5.75 Å². The number of rotatable bonds is 7. The van der Waals surface area contributed by atoms with Crippen LogP contribution in [-0.2, 0) is 32.1 Å². The Morgan fingerprint density at radius 2 is 1.74 bits per heavy atom. The number of carbonyl (C=O) groups is 5. The SMILES string of the molecule is CN(C)c1cc(NCc2ccccc2SC(C)(C)C)c(O)c2c1C[C@H]1C[C@H]3[C@H](N(C)C)C(=O)C(C(N)=O)C(=O)[C@@]3(O)C(=O)C1C2=O. The van der Waals surface area contributed by atoms with Gasteiger partial charge in [0.25, 0.3) is 0 Å². The first kappa shape index (κ1) is 33.6. The average Bonchev–Trinajstić information content (AvgIpc) is 2.94. The van der Waals surface area contributed by atoms with Crippen molar-refractivity contribution < 1.29 is 34.2 Å². The van der Waals surface area contributed by atoms with Gasteiger partial charge in [-0.05, 0) is 56.1 Å². The molecule has 5 N–H and O–H groups in total. The molecule has 1 amide bonds. The lowest BCUT2D eigenvalue weighted by atomic mass is 9.52. The fourth-order valence-electron chi connectivity index (χ4n) is 7.46. The Labute approximate surface area is 272 Å². The van der Waals surface area contributed by atoms with Crippen LogP contribution in [0.1, 0.15) is 48.7 Å². The Bertz CT molecular complexity index is 1650. The Kier molecular flexibility index (Phi) is 8.63. The molecule has 0 heterocycles. The highest BCUT2D eigenvalue weighted by Gasteiger charge is 2.69. The summed E-state index contributed by atoms with van der Waals surface area (Å²) in [6.45, 7) is 6.72. The standard InChI is InChI=1S/C34H42N4O7S/c1-33(2,3)46-22-11-9-8-10-16(22)15-36-20-14-21(37(4)5)18-12-17-13-19-26(38(6)7)29(41)25(32(35)44)31(43)34(19,45)30(42)23(17)28(40)24(18)27(20)39/h8-11,14,17,19,23,25-26,36,39,45H,12-13,15H2,1-7H3,(H2,35,44)/t17-,19-,23?,25?,26-,34-/m0/s1. The summed E-state index contributed by atoms with van der Waals surface area (Å²) in [5.41, 5.74) is 5.12. The summed E-state index contributed by atoms with van der Waals surface area (Å²) >= 11 is 1.72. The monoisotopic (exact) mass is 650 g/mol. The van der Waals surface area contributed by atoms with Gasteiger partial charge in [-0.3, -0.25) is 28.9 Å². The molecule has 2 aromatic carbocycles. The molecule has 6 atom stereocenters. The molecule has 3 aliphatic rings. The van der Waals surface area contributed by atoms with Crippen LogP contribution < -0.4 is 16.0 Å². The number of phenols is 1. The number of Topliss-reactive ketones (excluding diaryl/α,β-unsaturated/α-hetero) is 4. The number of aromatic hydroxyl groups is 1. The molecule has 2 fully saturated rings. The van der Waals surface area contributed by atoms with Gasteiger partial charge < -0.3 is 26.2 Å². The predicted molar refractivity (Wildman–Crippen MR) is 175 cm³/mol. The number of benzene rings is 2. The molecule has 0 bridgehead atoms. The third-order valence-corrected chi connectivity index (χ3v) is 10.6. The molecule has 0 radical (unpaired) electrons. The molecular formula is C34H42N4O7S. The van der Waals surface area contributed by atoms with E-state index in [4.69, 9.17) is 5.73 Å². The lowest BCUT2D eigenvalue weighted by molar-refractivity contribution is -0.181. The maximum atomic E-state index is 14.3. The molecule has 5 rings (SSSR count). The number of amides is 1. The van der Waals surface area contributed by atoms with Crippen molar-refractivity contribution in [3.63, 3.8) is 0 Å². The lowest BCUT2D eigenvalue weighted by Crippen LogP contribution is -2.74. The number of anilines is 2. The fraction of sp³-hybridized carbons (Fsp3) is 0.500. The molecule has 2 aromatic rings. The fourth-order valence-corrected chi connectivity index (χ4v) is 8.53. The van der Waals surface area contributed by atoms with Gasteiger partial charge in [0.05, 0.1) is 23.2 Å². The van der Waals surface area contributed by atoms with E-state index in [-0.39, 0.29) is 28.9 Å². The minimum absolute atomic E-state index is 0.000243.